The van der Waals surface area contributed by atoms with Gasteiger partial charge in [-0.1, -0.05) is 6.92 Å². The average Bonchev–Trinajstić information content (AvgIpc) is 2.52. The largest absolute Gasteiger partial charge is 0.282 e. The molecule has 0 aliphatic rings. The van der Waals surface area contributed by atoms with Crippen molar-refractivity contribution >= 4 is 47.9 Å². The van der Waals surface area contributed by atoms with Crippen LogP contribution >= 0.6 is 0 Å². The Morgan fingerprint density at radius 1 is 0.750 bits per heavy atom. The van der Waals surface area contributed by atoms with Crippen LogP contribution in [0.25, 0.3) is 0 Å². The van der Waals surface area contributed by atoms with E-state index in [9.17, 15) is 38.4 Å². The minimum atomic E-state index is -3.31. The topological polar surface area (TPSA) is 186 Å². The van der Waals surface area contributed by atoms with Gasteiger partial charge in [0, 0.05) is 0 Å². The Hall–Kier alpha value is -3.80. The first kappa shape index (κ1) is 20.2. The monoisotopic (exact) mass is 334 g/mol. The second kappa shape index (κ2) is 9.26. The van der Waals surface area contributed by atoms with E-state index in [-0.39, 0.29) is 0 Å². The molecule has 0 aromatic carbocycles. The first-order valence-electron chi connectivity index (χ1n) is 5.86. The van der Waals surface area contributed by atoms with Crippen LogP contribution < -0.4 is 0 Å². The third kappa shape index (κ3) is 3.69. The van der Waals surface area contributed by atoms with Gasteiger partial charge in [-0.25, -0.2) is 19.2 Å². The SMILES string of the molecule is CCC(C(=O)N=C=O)C(C(=O)N=C=O)(C(=O)N=C=O)C(=O)N=C=O. The van der Waals surface area contributed by atoms with Crippen molar-refractivity contribution in [2.24, 2.45) is 31.3 Å². The number of amides is 4. The molecule has 12 heteroatoms. The van der Waals surface area contributed by atoms with Gasteiger partial charge in [0.15, 0.2) is 0 Å². The third-order valence-corrected chi connectivity index (χ3v) is 2.84. The summed E-state index contributed by atoms with van der Waals surface area (Å²) < 4.78 is 0. The van der Waals surface area contributed by atoms with Gasteiger partial charge in [-0.2, -0.15) is 0 Å². The van der Waals surface area contributed by atoms with Crippen LogP contribution in [-0.4, -0.2) is 47.9 Å². The Morgan fingerprint density at radius 3 is 1.33 bits per heavy atom. The lowest BCUT2D eigenvalue weighted by molar-refractivity contribution is -0.155. The molecular formula is C12H6N4O8. The van der Waals surface area contributed by atoms with E-state index in [1.54, 1.807) is 0 Å². The molecule has 0 aliphatic carbocycles. The molecule has 0 radical (unpaired) electrons. The summed E-state index contributed by atoms with van der Waals surface area (Å²) in [6, 6.07) is 0. The second-order valence-electron chi connectivity index (χ2n) is 3.83. The number of rotatable bonds is 6. The van der Waals surface area contributed by atoms with E-state index in [1.165, 1.54) is 6.92 Å². The van der Waals surface area contributed by atoms with Crippen LogP contribution in [0.5, 0.6) is 0 Å². The Balaban J connectivity index is 7.00. The lowest BCUT2D eigenvalue weighted by Gasteiger charge is -2.27. The zero-order valence-electron chi connectivity index (χ0n) is 11.8. The molecule has 0 N–H and O–H groups in total. The highest BCUT2D eigenvalue weighted by atomic mass is 16.2. The minimum absolute atomic E-state index is 0.496. The number of nitrogens with zero attached hydrogens (tertiary/aromatic N) is 4. The van der Waals surface area contributed by atoms with E-state index in [1.807, 2.05) is 0 Å². The van der Waals surface area contributed by atoms with Gasteiger partial charge < -0.3 is 0 Å². The number of carbonyl (C=O) groups excluding carboxylic acids is 8. The molecule has 0 saturated carbocycles. The lowest BCUT2D eigenvalue weighted by Crippen LogP contribution is -2.52. The maximum absolute atomic E-state index is 12.1. The molecule has 24 heavy (non-hydrogen) atoms. The fourth-order valence-corrected chi connectivity index (χ4v) is 1.90. The molecule has 4 amide bonds. The van der Waals surface area contributed by atoms with Gasteiger partial charge in [-0.05, 0) is 6.42 Å². The van der Waals surface area contributed by atoms with Crippen LogP contribution in [0, 0.1) is 11.3 Å². The van der Waals surface area contributed by atoms with Crippen LogP contribution in [0.2, 0.25) is 0 Å². The average molecular weight is 334 g/mol. The maximum atomic E-state index is 12.1. The van der Waals surface area contributed by atoms with Crippen LogP contribution in [-0.2, 0) is 38.4 Å². The summed E-state index contributed by atoms with van der Waals surface area (Å²) in [5.41, 5.74) is -3.31. The maximum Gasteiger partial charge on any atom is 0.282 e. The number of hydrogen-bond donors (Lipinski definition) is 0. The van der Waals surface area contributed by atoms with Crippen molar-refractivity contribution < 1.29 is 38.4 Å². The smallest absolute Gasteiger partial charge is 0.271 e. The fourth-order valence-electron chi connectivity index (χ4n) is 1.90. The van der Waals surface area contributed by atoms with Crippen molar-refractivity contribution in [2.75, 3.05) is 0 Å². The van der Waals surface area contributed by atoms with Crippen molar-refractivity contribution in [3.05, 3.63) is 0 Å². The highest BCUT2D eigenvalue weighted by Gasteiger charge is 2.61. The van der Waals surface area contributed by atoms with Crippen molar-refractivity contribution in [2.45, 2.75) is 13.3 Å². The molecule has 0 heterocycles. The van der Waals surface area contributed by atoms with Gasteiger partial charge in [0.25, 0.3) is 23.6 Å². The Kier molecular flexibility index (Phi) is 7.80. The number of carbonyl (C=O) groups is 4. The summed E-state index contributed by atoms with van der Waals surface area (Å²) in [7, 11) is 0. The van der Waals surface area contributed by atoms with Gasteiger partial charge in [-0.3, -0.25) is 19.2 Å². The molecule has 122 valence electrons. The lowest BCUT2D eigenvalue weighted by atomic mass is 9.71. The minimum Gasteiger partial charge on any atom is -0.271 e. The highest BCUT2D eigenvalue weighted by Crippen LogP contribution is 2.36. The molecule has 12 nitrogen and oxygen atoms in total. The van der Waals surface area contributed by atoms with E-state index in [0.29, 0.717) is 0 Å². The molecule has 1 unspecified atom stereocenters. The van der Waals surface area contributed by atoms with Crippen LogP contribution in [0.4, 0.5) is 0 Å². The molecule has 0 saturated heterocycles. The zero-order chi connectivity index (χ0) is 18.8. The molecular weight excluding hydrogens is 328 g/mol. The first-order chi connectivity index (χ1) is 11.4. The number of hydrogen-bond acceptors (Lipinski definition) is 8. The van der Waals surface area contributed by atoms with E-state index in [2.05, 4.69) is 20.0 Å². The summed E-state index contributed by atoms with van der Waals surface area (Å²) in [5.74, 6) is -9.20. The van der Waals surface area contributed by atoms with Crippen molar-refractivity contribution in [1.82, 2.24) is 0 Å². The zero-order valence-corrected chi connectivity index (χ0v) is 11.8. The highest BCUT2D eigenvalue weighted by molar-refractivity contribution is 6.27. The molecule has 0 aliphatic heterocycles. The fraction of sp³-hybridized carbons (Fsp3) is 0.333. The van der Waals surface area contributed by atoms with Crippen LogP contribution in [0.1, 0.15) is 13.3 Å². The van der Waals surface area contributed by atoms with Crippen LogP contribution in [0.3, 0.4) is 0 Å². The summed E-state index contributed by atoms with van der Waals surface area (Å²) in [4.78, 5) is 99.5. The Bertz CT molecular complexity index is 701. The Morgan fingerprint density at radius 2 is 1.08 bits per heavy atom. The third-order valence-electron chi connectivity index (χ3n) is 2.84. The summed E-state index contributed by atoms with van der Waals surface area (Å²) >= 11 is 0. The second-order valence-corrected chi connectivity index (χ2v) is 3.83. The van der Waals surface area contributed by atoms with E-state index < -0.39 is 41.4 Å². The molecule has 0 spiro atoms. The van der Waals surface area contributed by atoms with E-state index in [0.717, 1.165) is 24.3 Å². The number of isocyanates is 4. The molecule has 0 aromatic rings. The van der Waals surface area contributed by atoms with Crippen molar-refractivity contribution in [3.63, 3.8) is 0 Å². The van der Waals surface area contributed by atoms with E-state index >= 15 is 0 Å². The van der Waals surface area contributed by atoms with Gasteiger partial charge >= 0.3 is 0 Å². The molecule has 0 aromatic heterocycles. The predicted molar refractivity (Wildman–Crippen MR) is 68.7 cm³/mol. The van der Waals surface area contributed by atoms with Crippen molar-refractivity contribution in [1.29, 1.82) is 0 Å². The molecule has 0 fully saturated rings. The van der Waals surface area contributed by atoms with Gasteiger partial charge in [0.2, 0.25) is 29.7 Å². The molecule has 0 rings (SSSR count). The summed E-state index contributed by atoms with van der Waals surface area (Å²) in [6.45, 7) is 1.19. The van der Waals surface area contributed by atoms with Gasteiger partial charge in [-0.15, -0.1) is 20.0 Å². The summed E-state index contributed by atoms with van der Waals surface area (Å²) in [6.07, 6.45) is 2.55. The first-order valence-corrected chi connectivity index (χ1v) is 5.86. The molecule has 0 bridgehead atoms. The predicted octanol–water partition coefficient (Wildman–Crippen LogP) is -1.55. The molecule has 1 atom stereocenters. The van der Waals surface area contributed by atoms with Gasteiger partial charge in [0.1, 0.15) is 0 Å². The Labute approximate surface area is 132 Å². The summed E-state index contributed by atoms with van der Waals surface area (Å²) in [5, 5.41) is 0. The van der Waals surface area contributed by atoms with E-state index in [4.69, 9.17) is 0 Å². The normalized spacial score (nSPS) is 12.5. The van der Waals surface area contributed by atoms with Crippen molar-refractivity contribution in [3.8, 4) is 0 Å². The quantitative estimate of drug-likeness (QED) is 0.317. The van der Waals surface area contributed by atoms with Crippen LogP contribution in [0.15, 0.2) is 20.0 Å². The number of aliphatic imine (C=N–C) groups is 4. The standard InChI is InChI=1S/C12H6N4O8/c1-2-7(8(21)13-3-17)12(9(22)14-4-18,10(23)15-5-19)11(24)16-6-20/h7H,2H2,1H3. The van der Waals surface area contributed by atoms with Gasteiger partial charge in [0.05, 0.1) is 5.92 Å².